The van der Waals surface area contributed by atoms with Gasteiger partial charge in [-0.05, 0) is 36.2 Å². The fourth-order valence-electron chi connectivity index (χ4n) is 2.18. The molecule has 0 amide bonds. The van der Waals surface area contributed by atoms with Crippen LogP contribution >= 0.6 is 0 Å². The highest BCUT2D eigenvalue weighted by molar-refractivity contribution is 5.80. The van der Waals surface area contributed by atoms with Crippen LogP contribution in [0, 0.1) is 6.92 Å². The Balaban J connectivity index is 1.93. The summed E-state index contributed by atoms with van der Waals surface area (Å²) < 4.78 is 0. The second kappa shape index (κ2) is 5.17. The highest BCUT2D eigenvalue weighted by Gasteiger charge is 2.05. The first-order valence-electron chi connectivity index (χ1n) is 6.51. The minimum atomic E-state index is 0.426. The zero-order chi connectivity index (χ0) is 13.9. The Morgan fingerprint density at radius 3 is 2.90 bits per heavy atom. The number of para-hydroxylation sites is 1. The maximum absolute atomic E-state index is 10.6. The molecule has 4 heteroatoms. The Labute approximate surface area is 116 Å². The summed E-state index contributed by atoms with van der Waals surface area (Å²) in [5.41, 5.74) is 4.99. The Bertz CT molecular complexity index is 761. The molecule has 0 aliphatic carbocycles. The van der Waals surface area contributed by atoms with Gasteiger partial charge >= 0.3 is 0 Å². The maximum atomic E-state index is 10.6. The van der Waals surface area contributed by atoms with E-state index in [1.807, 2.05) is 49.4 Å². The van der Waals surface area contributed by atoms with Gasteiger partial charge in [-0.1, -0.05) is 24.3 Å². The molecule has 4 nitrogen and oxygen atoms in total. The van der Waals surface area contributed by atoms with Crippen molar-refractivity contribution in [1.82, 2.24) is 9.97 Å². The third-order valence-corrected chi connectivity index (χ3v) is 3.26. The zero-order valence-electron chi connectivity index (χ0n) is 11.2. The molecule has 2 aromatic carbocycles. The lowest BCUT2D eigenvalue weighted by atomic mass is 10.1. The van der Waals surface area contributed by atoms with Crippen LogP contribution in [-0.2, 0) is 11.2 Å². The summed E-state index contributed by atoms with van der Waals surface area (Å²) in [7, 11) is 0. The molecular formula is C16H15N3O. The topological polar surface area (TPSA) is 57.8 Å². The van der Waals surface area contributed by atoms with E-state index in [2.05, 4.69) is 15.3 Å². The maximum Gasteiger partial charge on any atom is 0.205 e. The van der Waals surface area contributed by atoms with Crippen LogP contribution in [-0.4, -0.2) is 16.3 Å². The van der Waals surface area contributed by atoms with E-state index in [9.17, 15) is 4.79 Å². The normalized spacial score (nSPS) is 10.7. The molecule has 0 bridgehead atoms. The van der Waals surface area contributed by atoms with Crippen LogP contribution < -0.4 is 5.32 Å². The third kappa shape index (κ3) is 2.40. The second-order valence-electron chi connectivity index (χ2n) is 4.75. The molecule has 20 heavy (non-hydrogen) atoms. The molecule has 0 fully saturated rings. The molecule has 0 radical (unpaired) electrons. The van der Waals surface area contributed by atoms with Crippen LogP contribution in [0.1, 0.15) is 11.1 Å². The number of hydrogen-bond acceptors (Lipinski definition) is 3. The van der Waals surface area contributed by atoms with Gasteiger partial charge in [0.1, 0.15) is 6.29 Å². The minimum Gasteiger partial charge on any atom is -0.326 e. The fraction of sp³-hybridized carbons (Fsp3) is 0.125. The number of H-pyrrole nitrogens is 1. The lowest BCUT2D eigenvalue weighted by Crippen LogP contribution is -1.94. The van der Waals surface area contributed by atoms with Crippen molar-refractivity contribution in [3.05, 3.63) is 53.6 Å². The van der Waals surface area contributed by atoms with Crippen LogP contribution in [0.3, 0.4) is 0 Å². The predicted octanol–water partition coefficient (Wildman–Crippen LogP) is 3.36. The number of benzene rings is 2. The summed E-state index contributed by atoms with van der Waals surface area (Å²) in [5, 5.41) is 3.28. The lowest BCUT2D eigenvalue weighted by Gasteiger charge is -2.05. The Morgan fingerprint density at radius 2 is 2.10 bits per heavy atom. The number of aldehydes is 1. The average Bonchev–Trinajstić information content (AvgIpc) is 2.83. The fourth-order valence-corrected chi connectivity index (χ4v) is 2.18. The first kappa shape index (κ1) is 12.4. The molecule has 0 aliphatic heterocycles. The highest BCUT2D eigenvalue weighted by atomic mass is 16.1. The minimum absolute atomic E-state index is 0.426. The van der Waals surface area contributed by atoms with E-state index in [1.165, 1.54) is 0 Å². The SMILES string of the molecule is Cc1ccccc1Nc1nc2ccc(CC=O)cc2[nH]1. The van der Waals surface area contributed by atoms with Gasteiger partial charge in [-0.15, -0.1) is 0 Å². The number of aryl methyl sites for hydroxylation is 1. The van der Waals surface area contributed by atoms with E-state index in [-0.39, 0.29) is 0 Å². The second-order valence-corrected chi connectivity index (χ2v) is 4.75. The molecule has 0 atom stereocenters. The number of anilines is 2. The van der Waals surface area contributed by atoms with Gasteiger partial charge in [0.15, 0.2) is 0 Å². The Kier molecular flexibility index (Phi) is 3.21. The number of rotatable bonds is 4. The number of nitrogens with zero attached hydrogens (tertiary/aromatic N) is 1. The number of carbonyl (C=O) groups excluding carboxylic acids is 1. The van der Waals surface area contributed by atoms with E-state index in [0.29, 0.717) is 12.4 Å². The van der Waals surface area contributed by atoms with Crippen LogP contribution in [0.4, 0.5) is 11.6 Å². The summed E-state index contributed by atoms with van der Waals surface area (Å²) in [6, 6.07) is 13.9. The number of carbonyl (C=O) groups is 1. The Hall–Kier alpha value is -2.62. The molecule has 3 rings (SSSR count). The first-order valence-corrected chi connectivity index (χ1v) is 6.51. The summed E-state index contributed by atoms with van der Waals surface area (Å²) in [5.74, 6) is 0.706. The van der Waals surface area contributed by atoms with Crippen molar-refractivity contribution in [3.63, 3.8) is 0 Å². The molecule has 0 aliphatic rings. The predicted molar refractivity (Wildman–Crippen MR) is 80.3 cm³/mol. The van der Waals surface area contributed by atoms with Gasteiger partial charge in [-0.25, -0.2) is 4.98 Å². The summed E-state index contributed by atoms with van der Waals surface area (Å²) in [6.45, 7) is 2.05. The lowest BCUT2D eigenvalue weighted by molar-refractivity contribution is -0.107. The number of fused-ring (bicyclic) bond motifs is 1. The van der Waals surface area contributed by atoms with Crippen molar-refractivity contribution in [3.8, 4) is 0 Å². The standard InChI is InChI=1S/C16H15N3O/c1-11-4-2-3-5-13(11)17-16-18-14-7-6-12(8-9-20)10-15(14)19-16/h2-7,9-10H,8H2,1H3,(H2,17,18,19). The summed E-state index contributed by atoms with van der Waals surface area (Å²) in [4.78, 5) is 18.3. The van der Waals surface area contributed by atoms with Gasteiger partial charge in [0.2, 0.25) is 5.95 Å². The van der Waals surface area contributed by atoms with E-state index < -0.39 is 0 Å². The quantitative estimate of drug-likeness (QED) is 0.711. The molecule has 1 heterocycles. The monoisotopic (exact) mass is 265 g/mol. The van der Waals surface area contributed by atoms with Crippen LogP contribution in [0.5, 0.6) is 0 Å². The van der Waals surface area contributed by atoms with E-state index in [0.717, 1.165) is 34.1 Å². The first-order chi connectivity index (χ1) is 9.76. The summed E-state index contributed by atoms with van der Waals surface area (Å²) >= 11 is 0. The van der Waals surface area contributed by atoms with Crippen molar-refractivity contribution in [2.24, 2.45) is 0 Å². The summed E-state index contributed by atoms with van der Waals surface area (Å²) in [6.07, 6.45) is 1.33. The molecule has 0 saturated carbocycles. The molecule has 0 unspecified atom stereocenters. The molecule has 100 valence electrons. The van der Waals surface area contributed by atoms with Gasteiger partial charge in [0.25, 0.3) is 0 Å². The van der Waals surface area contributed by atoms with E-state index in [1.54, 1.807) is 0 Å². The van der Waals surface area contributed by atoms with E-state index >= 15 is 0 Å². The van der Waals surface area contributed by atoms with Crippen LogP contribution in [0.25, 0.3) is 11.0 Å². The van der Waals surface area contributed by atoms with Crippen molar-refractivity contribution in [2.75, 3.05) is 5.32 Å². The number of aromatic amines is 1. The third-order valence-electron chi connectivity index (χ3n) is 3.26. The van der Waals surface area contributed by atoms with Crippen molar-refractivity contribution in [2.45, 2.75) is 13.3 Å². The van der Waals surface area contributed by atoms with Gasteiger partial charge in [0.05, 0.1) is 11.0 Å². The van der Waals surface area contributed by atoms with Crippen LogP contribution in [0.2, 0.25) is 0 Å². The van der Waals surface area contributed by atoms with Crippen molar-refractivity contribution < 1.29 is 4.79 Å². The smallest absolute Gasteiger partial charge is 0.205 e. The average molecular weight is 265 g/mol. The number of hydrogen-bond donors (Lipinski definition) is 2. The van der Waals surface area contributed by atoms with Gasteiger partial charge in [-0.3, -0.25) is 0 Å². The van der Waals surface area contributed by atoms with Crippen molar-refractivity contribution >= 4 is 29.0 Å². The van der Waals surface area contributed by atoms with Crippen molar-refractivity contribution in [1.29, 1.82) is 0 Å². The van der Waals surface area contributed by atoms with Gasteiger partial charge < -0.3 is 15.1 Å². The molecular weight excluding hydrogens is 250 g/mol. The van der Waals surface area contributed by atoms with E-state index in [4.69, 9.17) is 0 Å². The number of nitrogens with one attached hydrogen (secondary N) is 2. The van der Waals surface area contributed by atoms with Gasteiger partial charge in [0, 0.05) is 12.1 Å². The Morgan fingerprint density at radius 1 is 1.25 bits per heavy atom. The van der Waals surface area contributed by atoms with Crippen LogP contribution in [0.15, 0.2) is 42.5 Å². The number of aromatic nitrogens is 2. The number of imidazole rings is 1. The highest BCUT2D eigenvalue weighted by Crippen LogP contribution is 2.21. The molecule has 1 aromatic heterocycles. The largest absolute Gasteiger partial charge is 0.326 e. The molecule has 2 N–H and O–H groups in total. The molecule has 3 aromatic rings. The van der Waals surface area contributed by atoms with Gasteiger partial charge in [-0.2, -0.15) is 0 Å². The zero-order valence-corrected chi connectivity index (χ0v) is 11.2. The molecule has 0 saturated heterocycles. The molecule has 0 spiro atoms.